The molecule has 0 aliphatic carbocycles. The van der Waals surface area contributed by atoms with Crippen molar-refractivity contribution in [3.05, 3.63) is 88.4 Å². The number of carbonyl (C=O) groups excluding carboxylic acids is 2. The van der Waals surface area contributed by atoms with Crippen molar-refractivity contribution < 1.29 is 9.59 Å². The minimum Gasteiger partial charge on any atom is -0.322 e. The Kier molecular flexibility index (Phi) is 5.96. The number of anilines is 3. The Bertz CT molecular complexity index is 961. The van der Waals surface area contributed by atoms with Gasteiger partial charge in [0.1, 0.15) is 0 Å². The molecule has 3 aromatic carbocycles. The van der Waals surface area contributed by atoms with E-state index in [2.05, 4.69) is 16.0 Å². The molecule has 0 saturated heterocycles. The number of halogens is 2. The first-order valence-electron chi connectivity index (χ1n) is 8.01. The van der Waals surface area contributed by atoms with Crippen molar-refractivity contribution in [1.29, 1.82) is 0 Å². The zero-order chi connectivity index (χ0) is 19.2. The summed E-state index contributed by atoms with van der Waals surface area (Å²) >= 11 is 11.9. The van der Waals surface area contributed by atoms with Crippen LogP contribution in [0.25, 0.3) is 0 Å². The molecule has 0 bridgehead atoms. The van der Waals surface area contributed by atoms with E-state index in [9.17, 15) is 9.59 Å². The van der Waals surface area contributed by atoms with Gasteiger partial charge in [0.25, 0.3) is 5.91 Å². The van der Waals surface area contributed by atoms with Crippen LogP contribution >= 0.6 is 23.2 Å². The van der Waals surface area contributed by atoms with Crippen LogP contribution in [0.1, 0.15) is 10.4 Å². The van der Waals surface area contributed by atoms with Crippen LogP contribution in [-0.4, -0.2) is 11.9 Å². The van der Waals surface area contributed by atoms with E-state index in [0.717, 1.165) is 0 Å². The second-order valence-electron chi connectivity index (χ2n) is 5.60. The summed E-state index contributed by atoms with van der Waals surface area (Å²) in [4.78, 5) is 24.3. The molecule has 0 spiro atoms. The van der Waals surface area contributed by atoms with Gasteiger partial charge in [0, 0.05) is 22.1 Å². The molecule has 0 atom stereocenters. The van der Waals surface area contributed by atoms with Crippen LogP contribution in [0.2, 0.25) is 10.0 Å². The largest absolute Gasteiger partial charge is 0.323 e. The van der Waals surface area contributed by atoms with Gasteiger partial charge in [0.05, 0.1) is 10.6 Å². The van der Waals surface area contributed by atoms with Gasteiger partial charge in [0.15, 0.2) is 0 Å². The molecular weight excluding hydrogens is 385 g/mol. The van der Waals surface area contributed by atoms with Crippen molar-refractivity contribution in [2.45, 2.75) is 0 Å². The molecule has 0 heterocycles. The molecule has 3 N–H and O–H groups in total. The lowest BCUT2D eigenvalue weighted by Crippen LogP contribution is -2.19. The number of carbonyl (C=O) groups is 2. The van der Waals surface area contributed by atoms with Crippen molar-refractivity contribution in [3.63, 3.8) is 0 Å². The zero-order valence-corrected chi connectivity index (χ0v) is 15.5. The van der Waals surface area contributed by atoms with Crippen LogP contribution < -0.4 is 16.0 Å². The van der Waals surface area contributed by atoms with Crippen LogP contribution in [-0.2, 0) is 0 Å². The highest BCUT2D eigenvalue weighted by molar-refractivity contribution is 6.36. The zero-order valence-electron chi connectivity index (χ0n) is 14.0. The van der Waals surface area contributed by atoms with Gasteiger partial charge in [-0.25, -0.2) is 4.79 Å². The van der Waals surface area contributed by atoms with E-state index < -0.39 is 0 Å². The summed E-state index contributed by atoms with van der Waals surface area (Å²) in [6, 6.07) is 20.2. The Hall–Kier alpha value is -3.02. The van der Waals surface area contributed by atoms with Crippen LogP contribution in [0.5, 0.6) is 0 Å². The Labute approximate surface area is 166 Å². The van der Waals surface area contributed by atoms with Crippen molar-refractivity contribution in [2.24, 2.45) is 0 Å². The number of hydrogen-bond acceptors (Lipinski definition) is 2. The lowest BCUT2D eigenvalue weighted by molar-refractivity contribution is 0.102. The summed E-state index contributed by atoms with van der Waals surface area (Å²) in [5.74, 6) is -0.370. The molecule has 136 valence electrons. The van der Waals surface area contributed by atoms with Gasteiger partial charge in [-0.1, -0.05) is 41.4 Å². The topological polar surface area (TPSA) is 70.2 Å². The van der Waals surface area contributed by atoms with E-state index in [1.807, 2.05) is 18.2 Å². The van der Waals surface area contributed by atoms with E-state index in [1.54, 1.807) is 48.5 Å². The summed E-state index contributed by atoms with van der Waals surface area (Å²) in [7, 11) is 0. The third-order valence-electron chi connectivity index (χ3n) is 3.61. The van der Waals surface area contributed by atoms with Crippen LogP contribution in [0.15, 0.2) is 72.8 Å². The predicted octanol–water partition coefficient (Wildman–Crippen LogP) is 5.89. The number of nitrogens with one attached hydrogen (secondary N) is 3. The number of urea groups is 1. The molecular formula is C20H15Cl2N3O2. The lowest BCUT2D eigenvalue weighted by atomic mass is 10.2. The molecule has 7 heteroatoms. The molecule has 0 unspecified atom stereocenters. The highest BCUT2D eigenvalue weighted by Crippen LogP contribution is 2.22. The number of amides is 3. The van der Waals surface area contributed by atoms with Crippen LogP contribution in [0.3, 0.4) is 0 Å². The fourth-order valence-corrected chi connectivity index (χ4v) is 2.70. The Balaban J connectivity index is 1.61. The first kappa shape index (κ1) is 18.8. The third-order valence-corrected chi connectivity index (χ3v) is 4.17. The average Bonchev–Trinajstić information content (AvgIpc) is 2.66. The Morgan fingerprint density at radius 3 is 1.85 bits per heavy atom. The van der Waals surface area contributed by atoms with Gasteiger partial charge < -0.3 is 16.0 Å². The lowest BCUT2D eigenvalue weighted by Gasteiger charge is -2.10. The van der Waals surface area contributed by atoms with Crippen molar-refractivity contribution in [3.8, 4) is 0 Å². The maximum Gasteiger partial charge on any atom is 0.323 e. The maximum atomic E-state index is 12.3. The normalized spacial score (nSPS) is 10.1. The predicted molar refractivity (Wildman–Crippen MR) is 110 cm³/mol. The van der Waals surface area contributed by atoms with Gasteiger partial charge in [0.2, 0.25) is 0 Å². The summed E-state index contributed by atoms with van der Waals surface area (Å²) in [6.45, 7) is 0. The highest BCUT2D eigenvalue weighted by atomic mass is 35.5. The minimum absolute atomic E-state index is 0.286. The monoisotopic (exact) mass is 399 g/mol. The van der Waals surface area contributed by atoms with Gasteiger partial charge in [-0.3, -0.25) is 4.79 Å². The SMILES string of the molecule is O=C(Nc1ccccc1)Nc1ccc(NC(=O)c2cc(Cl)ccc2Cl)cc1. The van der Waals surface area contributed by atoms with E-state index in [4.69, 9.17) is 23.2 Å². The number of hydrogen-bond donors (Lipinski definition) is 3. The summed E-state index contributed by atoms with van der Waals surface area (Å²) < 4.78 is 0. The fourth-order valence-electron chi connectivity index (χ4n) is 2.32. The molecule has 0 saturated carbocycles. The summed E-state index contributed by atoms with van der Waals surface area (Å²) in [5.41, 5.74) is 2.12. The number of para-hydroxylation sites is 1. The average molecular weight is 400 g/mol. The quantitative estimate of drug-likeness (QED) is 0.511. The van der Waals surface area contributed by atoms with Gasteiger partial charge >= 0.3 is 6.03 Å². The second kappa shape index (κ2) is 8.58. The van der Waals surface area contributed by atoms with E-state index in [0.29, 0.717) is 27.1 Å². The molecule has 0 aliphatic heterocycles. The molecule has 3 amide bonds. The van der Waals surface area contributed by atoms with Crippen molar-refractivity contribution in [1.82, 2.24) is 0 Å². The van der Waals surface area contributed by atoms with Gasteiger partial charge in [-0.15, -0.1) is 0 Å². The van der Waals surface area contributed by atoms with Crippen LogP contribution in [0.4, 0.5) is 21.9 Å². The smallest absolute Gasteiger partial charge is 0.322 e. The molecule has 27 heavy (non-hydrogen) atoms. The number of rotatable bonds is 4. The van der Waals surface area contributed by atoms with Gasteiger partial charge in [-0.05, 0) is 54.6 Å². The fraction of sp³-hybridized carbons (Fsp3) is 0. The molecule has 3 rings (SSSR count). The minimum atomic E-state index is -0.370. The molecule has 0 aromatic heterocycles. The number of benzene rings is 3. The first-order valence-corrected chi connectivity index (χ1v) is 8.76. The standard InChI is InChI=1S/C20H15Cl2N3O2/c21-13-6-11-18(22)17(12-13)19(26)23-15-7-9-16(10-8-15)25-20(27)24-14-4-2-1-3-5-14/h1-12H,(H,23,26)(H2,24,25,27). The third kappa shape index (κ3) is 5.23. The van der Waals surface area contributed by atoms with Crippen LogP contribution in [0, 0.1) is 0 Å². The molecule has 0 aliphatic rings. The highest BCUT2D eigenvalue weighted by Gasteiger charge is 2.11. The van der Waals surface area contributed by atoms with Gasteiger partial charge in [-0.2, -0.15) is 0 Å². The van der Waals surface area contributed by atoms with Crippen molar-refractivity contribution in [2.75, 3.05) is 16.0 Å². The Morgan fingerprint density at radius 1 is 0.667 bits per heavy atom. The summed E-state index contributed by atoms with van der Waals surface area (Å²) in [6.07, 6.45) is 0. The molecule has 0 fully saturated rings. The molecule has 5 nitrogen and oxygen atoms in total. The van der Waals surface area contributed by atoms with E-state index in [1.165, 1.54) is 6.07 Å². The molecule has 3 aromatic rings. The first-order chi connectivity index (χ1) is 13.0. The van der Waals surface area contributed by atoms with E-state index >= 15 is 0 Å². The summed E-state index contributed by atoms with van der Waals surface area (Å²) in [5, 5.41) is 8.91. The Morgan fingerprint density at radius 2 is 1.22 bits per heavy atom. The molecule has 0 radical (unpaired) electrons. The maximum absolute atomic E-state index is 12.3. The van der Waals surface area contributed by atoms with E-state index in [-0.39, 0.29) is 17.5 Å². The van der Waals surface area contributed by atoms with Crippen molar-refractivity contribution >= 4 is 52.2 Å². The second-order valence-corrected chi connectivity index (χ2v) is 6.44.